The lowest BCUT2D eigenvalue weighted by Gasteiger charge is -2.25. The van der Waals surface area contributed by atoms with E-state index in [4.69, 9.17) is 14.2 Å². The number of H-pyrrole nitrogens is 1. The Bertz CT molecular complexity index is 748. The van der Waals surface area contributed by atoms with Crippen LogP contribution in [0.2, 0.25) is 0 Å². The fourth-order valence-corrected chi connectivity index (χ4v) is 2.69. The Morgan fingerprint density at radius 3 is 2.15 bits per heavy atom. The summed E-state index contributed by atoms with van der Waals surface area (Å²) in [6.45, 7) is 3.66. The summed E-state index contributed by atoms with van der Waals surface area (Å²) in [5, 5.41) is 0. The minimum absolute atomic E-state index is 0.126. The molecule has 1 N–H and O–H groups in total. The van der Waals surface area contributed by atoms with Gasteiger partial charge in [-0.1, -0.05) is 0 Å². The van der Waals surface area contributed by atoms with Gasteiger partial charge in [-0.15, -0.1) is 0 Å². The normalized spacial score (nSPS) is 10.8. The van der Waals surface area contributed by atoms with Gasteiger partial charge in [-0.05, 0) is 33.2 Å². The quantitative estimate of drug-likeness (QED) is 0.721. The van der Waals surface area contributed by atoms with Gasteiger partial charge in [-0.2, -0.15) is 0 Å². The van der Waals surface area contributed by atoms with Crippen molar-refractivity contribution in [1.82, 2.24) is 19.8 Å². The first-order valence-electron chi connectivity index (χ1n) is 8.64. The highest BCUT2D eigenvalue weighted by Crippen LogP contribution is 2.38. The second-order valence-electron chi connectivity index (χ2n) is 6.42. The zero-order valence-corrected chi connectivity index (χ0v) is 16.8. The zero-order chi connectivity index (χ0) is 20.0. The smallest absolute Gasteiger partial charge is 0.254 e. The number of nitrogens with one attached hydrogen (secondary N) is 1. The summed E-state index contributed by atoms with van der Waals surface area (Å²) < 4.78 is 16.1. The topological polar surface area (TPSA) is 79.9 Å². The second kappa shape index (κ2) is 9.27. The number of hydrogen-bond donors (Lipinski definition) is 1. The second-order valence-corrected chi connectivity index (χ2v) is 6.42. The first-order chi connectivity index (χ1) is 12.9. The van der Waals surface area contributed by atoms with Gasteiger partial charge in [0.05, 0.1) is 39.9 Å². The van der Waals surface area contributed by atoms with Crippen molar-refractivity contribution in [2.45, 2.75) is 13.5 Å². The highest BCUT2D eigenvalue weighted by atomic mass is 16.5. The van der Waals surface area contributed by atoms with Gasteiger partial charge < -0.3 is 29.0 Å². The van der Waals surface area contributed by atoms with Crippen molar-refractivity contribution in [3.63, 3.8) is 0 Å². The molecule has 0 atom stereocenters. The summed E-state index contributed by atoms with van der Waals surface area (Å²) in [5.74, 6) is 1.23. The number of amides is 1. The van der Waals surface area contributed by atoms with Crippen molar-refractivity contribution in [2.24, 2.45) is 0 Å². The molecule has 1 aromatic carbocycles. The predicted octanol–water partition coefficient (Wildman–Crippen LogP) is 1.95. The largest absolute Gasteiger partial charge is 0.493 e. The maximum atomic E-state index is 13.2. The van der Waals surface area contributed by atoms with Crippen molar-refractivity contribution in [3.8, 4) is 17.2 Å². The molecule has 1 heterocycles. The van der Waals surface area contributed by atoms with E-state index in [1.807, 2.05) is 25.9 Å². The molecule has 0 bridgehead atoms. The van der Waals surface area contributed by atoms with E-state index in [0.717, 1.165) is 17.9 Å². The van der Waals surface area contributed by atoms with Gasteiger partial charge in [0.15, 0.2) is 11.5 Å². The number of aromatic amines is 1. The van der Waals surface area contributed by atoms with Gasteiger partial charge in [0.25, 0.3) is 5.91 Å². The molecule has 0 saturated carbocycles. The van der Waals surface area contributed by atoms with Crippen molar-refractivity contribution in [2.75, 3.05) is 48.5 Å². The number of aryl methyl sites for hydroxylation is 1. The number of benzene rings is 1. The molecule has 27 heavy (non-hydrogen) atoms. The molecule has 0 aliphatic rings. The molecule has 0 aliphatic heterocycles. The lowest BCUT2D eigenvalue weighted by Crippen LogP contribution is -2.36. The summed E-state index contributed by atoms with van der Waals surface area (Å²) in [5.41, 5.74) is 2.26. The van der Waals surface area contributed by atoms with Crippen molar-refractivity contribution in [1.29, 1.82) is 0 Å². The van der Waals surface area contributed by atoms with Crippen LogP contribution < -0.4 is 14.2 Å². The van der Waals surface area contributed by atoms with Crippen LogP contribution >= 0.6 is 0 Å². The van der Waals surface area contributed by atoms with Gasteiger partial charge in [0, 0.05) is 24.3 Å². The van der Waals surface area contributed by atoms with Gasteiger partial charge in [-0.3, -0.25) is 4.79 Å². The SMILES string of the molecule is COc1cc(C(=O)N(CCN(C)C)Cc2nc[nH]c2C)cc(OC)c1OC. The lowest BCUT2D eigenvalue weighted by molar-refractivity contribution is 0.0729. The molecule has 148 valence electrons. The maximum absolute atomic E-state index is 13.2. The van der Waals surface area contributed by atoms with Crippen LogP contribution in [0.5, 0.6) is 17.2 Å². The average molecular weight is 376 g/mol. The molecule has 1 aromatic heterocycles. The van der Waals surface area contributed by atoms with Gasteiger partial charge in [0.1, 0.15) is 0 Å². The molecule has 0 fully saturated rings. The Kier molecular flexibility index (Phi) is 7.06. The van der Waals surface area contributed by atoms with Crippen LogP contribution in [0.3, 0.4) is 0 Å². The number of likely N-dealkylation sites (N-methyl/N-ethyl adjacent to an activating group) is 1. The number of carbonyl (C=O) groups excluding carboxylic acids is 1. The molecule has 0 unspecified atom stereocenters. The fourth-order valence-electron chi connectivity index (χ4n) is 2.69. The van der Waals surface area contributed by atoms with E-state index in [1.54, 1.807) is 23.4 Å². The lowest BCUT2D eigenvalue weighted by atomic mass is 10.1. The van der Waals surface area contributed by atoms with Gasteiger partial charge in [0.2, 0.25) is 5.75 Å². The monoisotopic (exact) mass is 376 g/mol. The third kappa shape index (κ3) is 4.91. The minimum atomic E-state index is -0.126. The third-order valence-electron chi connectivity index (χ3n) is 4.29. The highest BCUT2D eigenvalue weighted by molar-refractivity contribution is 5.95. The molecule has 0 radical (unpaired) electrons. The molecule has 0 spiro atoms. The average Bonchev–Trinajstić information content (AvgIpc) is 3.07. The van der Waals surface area contributed by atoms with E-state index >= 15 is 0 Å². The van der Waals surface area contributed by atoms with Crippen LogP contribution in [0.15, 0.2) is 18.5 Å². The highest BCUT2D eigenvalue weighted by Gasteiger charge is 2.22. The Labute approximate surface area is 160 Å². The van der Waals surface area contributed by atoms with Crippen LogP contribution in [0.1, 0.15) is 21.7 Å². The van der Waals surface area contributed by atoms with Gasteiger partial charge in [-0.25, -0.2) is 4.98 Å². The van der Waals surface area contributed by atoms with Crippen LogP contribution in [0.25, 0.3) is 0 Å². The first kappa shape index (κ1) is 20.6. The molecular formula is C19H28N4O4. The van der Waals surface area contributed by atoms with E-state index < -0.39 is 0 Å². The number of aromatic nitrogens is 2. The Morgan fingerprint density at radius 1 is 1.07 bits per heavy atom. The van der Waals surface area contributed by atoms with Crippen molar-refractivity contribution >= 4 is 5.91 Å². The maximum Gasteiger partial charge on any atom is 0.254 e. The number of methoxy groups -OCH3 is 3. The summed E-state index contributed by atoms with van der Waals surface area (Å²) in [6, 6.07) is 3.34. The number of rotatable bonds is 9. The van der Waals surface area contributed by atoms with Crippen LogP contribution in [-0.2, 0) is 6.54 Å². The number of hydrogen-bond acceptors (Lipinski definition) is 6. The summed E-state index contributed by atoms with van der Waals surface area (Å²) in [4.78, 5) is 24.4. The molecule has 8 nitrogen and oxygen atoms in total. The number of nitrogens with zero attached hydrogens (tertiary/aromatic N) is 3. The number of carbonyl (C=O) groups is 1. The molecule has 1 amide bonds. The summed E-state index contributed by atoms with van der Waals surface area (Å²) in [6.07, 6.45) is 1.64. The van der Waals surface area contributed by atoms with Crippen LogP contribution in [-0.4, -0.2) is 74.2 Å². The predicted molar refractivity (Wildman–Crippen MR) is 103 cm³/mol. The molecule has 0 aliphatic carbocycles. The Hall–Kier alpha value is -2.74. The van der Waals surface area contributed by atoms with E-state index in [2.05, 4.69) is 9.97 Å². The van der Waals surface area contributed by atoms with Crippen LogP contribution in [0.4, 0.5) is 0 Å². The molecule has 2 rings (SSSR count). The van der Waals surface area contributed by atoms with E-state index in [0.29, 0.717) is 35.9 Å². The standard InChI is InChI=1S/C19H28N4O4/c1-13-15(21-12-20-13)11-23(8-7-22(2)3)19(24)14-9-16(25-4)18(27-6)17(10-14)26-5/h9-10,12H,7-8,11H2,1-6H3,(H,20,21). The van der Waals surface area contributed by atoms with Crippen molar-refractivity contribution in [3.05, 3.63) is 35.4 Å². The third-order valence-corrected chi connectivity index (χ3v) is 4.29. The number of ether oxygens (including phenoxy) is 3. The molecule has 2 aromatic rings. The molecule has 0 saturated heterocycles. The van der Waals surface area contributed by atoms with Crippen LogP contribution in [0, 0.1) is 6.92 Å². The number of imidazole rings is 1. The molecular weight excluding hydrogens is 348 g/mol. The summed E-state index contributed by atoms with van der Waals surface area (Å²) >= 11 is 0. The Morgan fingerprint density at radius 2 is 1.70 bits per heavy atom. The fraction of sp³-hybridized carbons (Fsp3) is 0.474. The van der Waals surface area contributed by atoms with Crippen molar-refractivity contribution < 1.29 is 19.0 Å². The zero-order valence-electron chi connectivity index (χ0n) is 16.8. The minimum Gasteiger partial charge on any atom is -0.493 e. The summed E-state index contributed by atoms with van der Waals surface area (Å²) in [7, 11) is 8.54. The molecule has 8 heteroatoms. The Balaban J connectivity index is 2.37. The van der Waals surface area contributed by atoms with E-state index in [-0.39, 0.29) is 5.91 Å². The van der Waals surface area contributed by atoms with E-state index in [9.17, 15) is 4.79 Å². The first-order valence-corrected chi connectivity index (χ1v) is 8.64. The van der Waals surface area contributed by atoms with Gasteiger partial charge >= 0.3 is 0 Å². The van der Waals surface area contributed by atoms with E-state index in [1.165, 1.54) is 21.3 Å².